The van der Waals surface area contributed by atoms with Crippen LogP contribution in [0.3, 0.4) is 0 Å². The molecule has 0 bridgehead atoms. The molecule has 6 nitrogen and oxygen atoms in total. The lowest BCUT2D eigenvalue weighted by Gasteiger charge is -2.24. The van der Waals surface area contributed by atoms with E-state index >= 15 is 0 Å². The molecular formula is C17H23ClN4O2. The number of hydrogen-bond donors (Lipinski definition) is 0. The van der Waals surface area contributed by atoms with Crippen molar-refractivity contribution in [2.45, 2.75) is 45.2 Å². The zero-order valence-corrected chi connectivity index (χ0v) is 15.1. The third kappa shape index (κ3) is 3.64. The van der Waals surface area contributed by atoms with Gasteiger partial charge in [-0.2, -0.15) is 0 Å². The maximum Gasteiger partial charge on any atom is 0.410 e. The van der Waals surface area contributed by atoms with Gasteiger partial charge in [0.05, 0.1) is 5.88 Å². The third-order valence-electron chi connectivity index (χ3n) is 4.08. The van der Waals surface area contributed by atoms with Gasteiger partial charge in [-0.1, -0.05) is 0 Å². The van der Waals surface area contributed by atoms with Gasteiger partial charge in [-0.05, 0) is 45.2 Å². The fourth-order valence-corrected chi connectivity index (χ4v) is 3.24. The molecule has 0 aliphatic carbocycles. The van der Waals surface area contributed by atoms with Crippen molar-refractivity contribution >= 4 is 28.9 Å². The molecule has 0 aromatic carbocycles. The number of carbonyl (C=O) groups excluding carboxylic acids is 1. The van der Waals surface area contributed by atoms with Crippen LogP contribution in [0.4, 0.5) is 4.79 Å². The SMILES string of the molecule is CC(C)(C)OC(=O)N1CC[C@@H](Cn2c(CCl)nc3cccnc32)C1. The monoisotopic (exact) mass is 350 g/mol. The topological polar surface area (TPSA) is 60.2 Å². The van der Waals surface area contributed by atoms with E-state index in [2.05, 4.69) is 14.5 Å². The van der Waals surface area contributed by atoms with E-state index in [1.807, 2.05) is 32.9 Å². The van der Waals surface area contributed by atoms with Gasteiger partial charge in [-0.3, -0.25) is 0 Å². The molecule has 0 spiro atoms. The summed E-state index contributed by atoms with van der Waals surface area (Å²) in [6, 6.07) is 3.81. The van der Waals surface area contributed by atoms with Crippen molar-refractivity contribution in [1.82, 2.24) is 19.4 Å². The van der Waals surface area contributed by atoms with Gasteiger partial charge in [0, 0.05) is 25.8 Å². The lowest BCUT2D eigenvalue weighted by atomic mass is 10.1. The molecule has 1 aliphatic rings. The highest BCUT2D eigenvalue weighted by Crippen LogP contribution is 2.24. The van der Waals surface area contributed by atoms with E-state index in [-0.39, 0.29) is 6.09 Å². The average Bonchev–Trinajstić information content (AvgIpc) is 3.11. The molecule has 2 aromatic rings. The first-order chi connectivity index (χ1) is 11.4. The Bertz CT molecular complexity index is 738. The second kappa shape index (κ2) is 6.59. The molecule has 2 aromatic heterocycles. The van der Waals surface area contributed by atoms with Crippen LogP contribution in [0.2, 0.25) is 0 Å². The quantitative estimate of drug-likeness (QED) is 0.796. The van der Waals surface area contributed by atoms with Crippen LogP contribution in [0.25, 0.3) is 11.2 Å². The zero-order chi connectivity index (χ0) is 17.3. The maximum absolute atomic E-state index is 12.2. The first-order valence-corrected chi connectivity index (χ1v) is 8.75. The van der Waals surface area contributed by atoms with Crippen molar-refractivity contribution < 1.29 is 9.53 Å². The van der Waals surface area contributed by atoms with E-state index in [9.17, 15) is 4.79 Å². The van der Waals surface area contributed by atoms with E-state index < -0.39 is 5.60 Å². The Morgan fingerprint density at radius 3 is 2.96 bits per heavy atom. The van der Waals surface area contributed by atoms with Gasteiger partial charge in [0.25, 0.3) is 0 Å². The predicted octanol–water partition coefficient (Wildman–Crippen LogP) is 3.43. The number of fused-ring (bicyclic) bond motifs is 1. The van der Waals surface area contributed by atoms with Gasteiger partial charge < -0.3 is 14.2 Å². The summed E-state index contributed by atoms with van der Waals surface area (Å²) in [5.41, 5.74) is 1.24. The largest absolute Gasteiger partial charge is 0.444 e. The lowest BCUT2D eigenvalue weighted by Crippen LogP contribution is -2.35. The first-order valence-electron chi connectivity index (χ1n) is 8.21. The maximum atomic E-state index is 12.2. The highest BCUT2D eigenvalue weighted by atomic mass is 35.5. The number of likely N-dealkylation sites (tertiary alicyclic amines) is 1. The number of carbonyl (C=O) groups is 1. The standard InChI is InChI=1S/C17H23ClN4O2/c1-17(2,3)24-16(23)21-8-6-12(10-21)11-22-14(9-18)20-13-5-4-7-19-15(13)22/h4-5,7,12H,6,8-11H2,1-3H3/t12-/m1/s1. The molecule has 0 saturated carbocycles. The second-order valence-corrected chi connectivity index (χ2v) is 7.47. The molecular weight excluding hydrogens is 328 g/mol. The number of rotatable bonds is 3. The Balaban J connectivity index is 1.71. The highest BCUT2D eigenvalue weighted by Gasteiger charge is 2.30. The molecule has 24 heavy (non-hydrogen) atoms. The van der Waals surface area contributed by atoms with Crippen LogP contribution in [-0.4, -0.2) is 44.2 Å². The number of hydrogen-bond acceptors (Lipinski definition) is 4. The minimum Gasteiger partial charge on any atom is -0.444 e. The fourth-order valence-electron chi connectivity index (χ4n) is 3.03. The zero-order valence-electron chi connectivity index (χ0n) is 14.3. The average molecular weight is 351 g/mol. The number of amides is 1. The second-order valence-electron chi connectivity index (χ2n) is 7.20. The van der Waals surface area contributed by atoms with Crippen LogP contribution in [0, 0.1) is 5.92 Å². The molecule has 3 rings (SSSR count). The first kappa shape index (κ1) is 17.0. The van der Waals surface area contributed by atoms with Crippen LogP contribution >= 0.6 is 11.6 Å². The molecule has 0 radical (unpaired) electrons. The molecule has 1 saturated heterocycles. The molecule has 1 amide bonds. The number of nitrogens with zero attached hydrogens (tertiary/aromatic N) is 4. The molecule has 1 fully saturated rings. The summed E-state index contributed by atoms with van der Waals surface area (Å²) in [7, 11) is 0. The lowest BCUT2D eigenvalue weighted by molar-refractivity contribution is 0.0287. The van der Waals surface area contributed by atoms with Crippen molar-refractivity contribution in [1.29, 1.82) is 0 Å². The van der Waals surface area contributed by atoms with E-state index in [1.165, 1.54) is 0 Å². The number of aromatic nitrogens is 3. The summed E-state index contributed by atoms with van der Waals surface area (Å²) in [6.45, 7) is 7.81. The summed E-state index contributed by atoms with van der Waals surface area (Å²) in [4.78, 5) is 22.9. The molecule has 1 atom stereocenters. The van der Waals surface area contributed by atoms with Crippen LogP contribution in [0.15, 0.2) is 18.3 Å². The van der Waals surface area contributed by atoms with Gasteiger partial charge in [0.15, 0.2) is 5.65 Å². The Labute approximate surface area is 146 Å². The summed E-state index contributed by atoms with van der Waals surface area (Å²) in [6.07, 6.45) is 2.46. The predicted molar refractivity (Wildman–Crippen MR) is 93.0 cm³/mol. The van der Waals surface area contributed by atoms with Crippen LogP contribution in [-0.2, 0) is 17.2 Å². The van der Waals surface area contributed by atoms with Gasteiger partial charge in [-0.25, -0.2) is 14.8 Å². The van der Waals surface area contributed by atoms with E-state index in [0.717, 1.165) is 36.5 Å². The Hall–Kier alpha value is -1.82. The molecule has 0 N–H and O–H groups in total. The van der Waals surface area contributed by atoms with Crippen molar-refractivity contribution in [2.24, 2.45) is 5.92 Å². The Morgan fingerprint density at radius 2 is 2.25 bits per heavy atom. The minimum atomic E-state index is -0.467. The fraction of sp³-hybridized carbons (Fsp3) is 0.588. The third-order valence-corrected chi connectivity index (χ3v) is 4.32. The normalized spacial score (nSPS) is 18.3. The van der Waals surface area contributed by atoms with Crippen LogP contribution in [0.1, 0.15) is 33.0 Å². The summed E-state index contributed by atoms with van der Waals surface area (Å²) < 4.78 is 7.53. The van der Waals surface area contributed by atoms with Gasteiger partial charge >= 0.3 is 6.09 Å². The van der Waals surface area contributed by atoms with Crippen molar-refractivity contribution in [3.05, 3.63) is 24.2 Å². The number of pyridine rings is 1. The Kier molecular flexibility index (Phi) is 4.67. The number of ether oxygens (including phenoxy) is 1. The summed E-state index contributed by atoms with van der Waals surface area (Å²) in [5, 5.41) is 0. The molecule has 7 heteroatoms. The number of imidazole rings is 1. The van der Waals surface area contributed by atoms with Crippen molar-refractivity contribution in [3.63, 3.8) is 0 Å². The smallest absolute Gasteiger partial charge is 0.410 e. The number of halogens is 1. The number of alkyl halides is 1. The van der Waals surface area contributed by atoms with Crippen molar-refractivity contribution in [3.8, 4) is 0 Å². The molecule has 3 heterocycles. The Morgan fingerprint density at radius 1 is 1.46 bits per heavy atom. The van der Waals surface area contributed by atoms with Crippen LogP contribution in [0.5, 0.6) is 0 Å². The van der Waals surface area contributed by atoms with E-state index in [0.29, 0.717) is 18.3 Å². The van der Waals surface area contributed by atoms with Gasteiger partial charge in [-0.15, -0.1) is 11.6 Å². The highest BCUT2D eigenvalue weighted by molar-refractivity contribution is 6.16. The molecule has 0 unspecified atom stereocenters. The van der Waals surface area contributed by atoms with Gasteiger partial charge in [0.2, 0.25) is 0 Å². The van der Waals surface area contributed by atoms with Crippen LogP contribution < -0.4 is 0 Å². The summed E-state index contributed by atoms with van der Waals surface area (Å²) >= 11 is 6.05. The minimum absolute atomic E-state index is 0.240. The van der Waals surface area contributed by atoms with Crippen molar-refractivity contribution in [2.75, 3.05) is 13.1 Å². The van der Waals surface area contributed by atoms with E-state index in [4.69, 9.17) is 16.3 Å². The summed E-state index contributed by atoms with van der Waals surface area (Å²) in [5.74, 6) is 1.51. The molecule has 1 aliphatic heterocycles. The van der Waals surface area contributed by atoms with Gasteiger partial charge in [0.1, 0.15) is 16.9 Å². The molecule has 130 valence electrons. The van der Waals surface area contributed by atoms with E-state index in [1.54, 1.807) is 11.1 Å².